The normalized spacial score (nSPS) is 14.4. The first-order valence-electron chi connectivity index (χ1n) is 7.08. The van der Waals surface area contributed by atoms with E-state index in [-0.39, 0.29) is 18.4 Å². The minimum Gasteiger partial charge on any atom is -0.391 e. The number of rotatable bonds is 4. The number of hydrogen-bond acceptors (Lipinski definition) is 5. The van der Waals surface area contributed by atoms with E-state index in [4.69, 9.17) is 0 Å². The number of imidazole rings is 1. The Morgan fingerprint density at radius 1 is 1.41 bits per heavy atom. The fourth-order valence-electron chi connectivity index (χ4n) is 2.38. The van der Waals surface area contributed by atoms with Crippen LogP contribution in [0.4, 0.5) is 5.82 Å². The van der Waals surface area contributed by atoms with Crippen molar-refractivity contribution in [2.45, 2.75) is 19.4 Å². The third kappa shape index (κ3) is 2.38. The molecule has 112 valence electrons. The number of pyridine rings is 1. The minimum atomic E-state index is -0.0232. The van der Waals surface area contributed by atoms with Crippen LogP contribution in [0.1, 0.15) is 17.7 Å². The number of amides is 1. The van der Waals surface area contributed by atoms with E-state index in [9.17, 15) is 9.90 Å². The van der Waals surface area contributed by atoms with Crippen molar-refractivity contribution in [3.63, 3.8) is 0 Å². The highest BCUT2D eigenvalue weighted by Gasteiger charge is 2.30. The lowest BCUT2D eigenvalue weighted by Crippen LogP contribution is -2.13. The predicted molar refractivity (Wildman–Crippen MR) is 83.6 cm³/mol. The van der Waals surface area contributed by atoms with Gasteiger partial charge in [0, 0.05) is 17.7 Å². The summed E-state index contributed by atoms with van der Waals surface area (Å²) < 4.78 is 1.86. The summed E-state index contributed by atoms with van der Waals surface area (Å²) in [6.45, 7) is -0.0232. The Labute approximate surface area is 130 Å². The van der Waals surface area contributed by atoms with Crippen molar-refractivity contribution < 1.29 is 9.90 Å². The lowest BCUT2D eigenvalue weighted by Gasteiger charge is -2.01. The van der Waals surface area contributed by atoms with Crippen molar-refractivity contribution in [1.29, 1.82) is 0 Å². The van der Waals surface area contributed by atoms with E-state index < -0.39 is 0 Å². The van der Waals surface area contributed by atoms with Gasteiger partial charge in [-0.2, -0.15) is 0 Å². The summed E-state index contributed by atoms with van der Waals surface area (Å²) in [6.07, 6.45) is 5.64. The fraction of sp³-hybridized carbons (Fsp3) is 0.267. The molecule has 3 aromatic heterocycles. The minimum absolute atomic E-state index is 0.0232. The number of hydrogen-bond donors (Lipinski definition) is 2. The summed E-state index contributed by atoms with van der Waals surface area (Å²) in [4.78, 5) is 21.3. The lowest BCUT2D eigenvalue weighted by molar-refractivity contribution is -0.117. The van der Waals surface area contributed by atoms with Crippen LogP contribution in [0.5, 0.6) is 0 Å². The average Bonchev–Trinajstić information content (AvgIpc) is 3.13. The zero-order valence-corrected chi connectivity index (χ0v) is 12.5. The predicted octanol–water partition coefficient (Wildman–Crippen LogP) is 2.30. The quantitative estimate of drug-likeness (QED) is 0.774. The number of anilines is 1. The van der Waals surface area contributed by atoms with E-state index in [2.05, 4.69) is 15.3 Å². The standard InChI is InChI=1S/C15H14N4O2S/c20-7-11-14(16-8-22-11)10-3-4-13-17-12(6-19(13)5-10)18-15(21)9-1-2-9/h3-6,8-9,20H,1-2,7H2,(H,18,21). The molecule has 3 aromatic rings. The van der Waals surface area contributed by atoms with Gasteiger partial charge in [0.05, 0.1) is 28.9 Å². The van der Waals surface area contributed by atoms with Gasteiger partial charge >= 0.3 is 0 Å². The molecule has 0 bridgehead atoms. The Morgan fingerprint density at radius 3 is 3.05 bits per heavy atom. The molecule has 1 aliphatic carbocycles. The van der Waals surface area contributed by atoms with Gasteiger partial charge in [-0.15, -0.1) is 11.3 Å². The van der Waals surface area contributed by atoms with Crippen molar-refractivity contribution in [2.75, 3.05) is 5.32 Å². The Morgan fingerprint density at radius 2 is 2.27 bits per heavy atom. The molecule has 0 saturated heterocycles. The SMILES string of the molecule is O=C(Nc1cn2cc(-c3ncsc3CO)ccc2n1)C1CC1. The largest absolute Gasteiger partial charge is 0.391 e. The van der Waals surface area contributed by atoms with Gasteiger partial charge in [0.25, 0.3) is 0 Å². The number of thiazole rings is 1. The molecule has 0 radical (unpaired) electrons. The van der Waals surface area contributed by atoms with E-state index in [1.165, 1.54) is 11.3 Å². The molecule has 0 aromatic carbocycles. The Bertz CT molecular complexity index is 850. The molecule has 1 amide bonds. The molecule has 1 aliphatic rings. The maximum Gasteiger partial charge on any atom is 0.228 e. The van der Waals surface area contributed by atoms with Gasteiger partial charge in [-0.1, -0.05) is 0 Å². The number of carbonyl (C=O) groups is 1. The van der Waals surface area contributed by atoms with Crippen LogP contribution in [0.3, 0.4) is 0 Å². The molecule has 7 heteroatoms. The maximum absolute atomic E-state index is 11.8. The van der Waals surface area contributed by atoms with Gasteiger partial charge in [-0.05, 0) is 25.0 Å². The van der Waals surface area contributed by atoms with Crippen LogP contribution >= 0.6 is 11.3 Å². The first-order chi connectivity index (χ1) is 10.7. The van der Waals surface area contributed by atoms with E-state index in [1.807, 2.05) is 22.7 Å². The number of nitrogens with zero attached hydrogens (tertiary/aromatic N) is 3. The zero-order valence-electron chi connectivity index (χ0n) is 11.7. The van der Waals surface area contributed by atoms with Crippen molar-refractivity contribution in [2.24, 2.45) is 5.92 Å². The Balaban J connectivity index is 1.67. The number of fused-ring (bicyclic) bond motifs is 1. The molecule has 0 spiro atoms. The van der Waals surface area contributed by atoms with Gasteiger partial charge < -0.3 is 14.8 Å². The molecule has 4 rings (SSSR count). The highest BCUT2D eigenvalue weighted by molar-refractivity contribution is 7.10. The van der Waals surface area contributed by atoms with Gasteiger partial charge in [-0.3, -0.25) is 4.79 Å². The molecule has 0 aliphatic heterocycles. The summed E-state index contributed by atoms with van der Waals surface area (Å²) in [6, 6.07) is 3.80. The first kappa shape index (κ1) is 13.4. The van der Waals surface area contributed by atoms with Gasteiger partial charge in [0.1, 0.15) is 5.65 Å². The van der Waals surface area contributed by atoms with Crippen LogP contribution in [0.2, 0.25) is 0 Å². The zero-order chi connectivity index (χ0) is 15.1. The monoisotopic (exact) mass is 314 g/mol. The van der Waals surface area contributed by atoms with Gasteiger partial charge in [-0.25, -0.2) is 9.97 Å². The second-order valence-corrected chi connectivity index (χ2v) is 6.29. The molecule has 1 saturated carbocycles. The second kappa shape index (κ2) is 5.19. The summed E-state index contributed by atoms with van der Waals surface area (Å²) in [7, 11) is 0. The highest BCUT2D eigenvalue weighted by Crippen LogP contribution is 2.30. The molecule has 2 N–H and O–H groups in total. The molecule has 6 nitrogen and oxygen atoms in total. The summed E-state index contributed by atoms with van der Waals surface area (Å²) >= 11 is 1.43. The third-order valence-corrected chi connectivity index (χ3v) is 4.53. The van der Waals surface area contributed by atoms with E-state index in [0.717, 1.165) is 34.6 Å². The van der Waals surface area contributed by atoms with Crippen LogP contribution < -0.4 is 5.32 Å². The number of aliphatic hydroxyl groups excluding tert-OH is 1. The summed E-state index contributed by atoms with van der Waals surface area (Å²) in [5, 5.41) is 12.2. The number of aromatic nitrogens is 3. The third-order valence-electron chi connectivity index (χ3n) is 3.71. The van der Waals surface area contributed by atoms with E-state index in [1.54, 1.807) is 11.7 Å². The second-order valence-electron chi connectivity index (χ2n) is 5.36. The molecule has 0 unspecified atom stereocenters. The summed E-state index contributed by atoms with van der Waals surface area (Å²) in [5.41, 5.74) is 4.18. The smallest absolute Gasteiger partial charge is 0.228 e. The van der Waals surface area contributed by atoms with Crippen molar-refractivity contribution >= 4 is 28.7 Å². The van der Waals surface area contributed by atoms with E-state index >= 15 is 0 Å². The first-order valence-corrected chi connectivity index (χ1v) is 7.96. The lowest BCUT2D eigenvalue weighted by atomic mass is 10.2. The van der Waals surface area contributed by atoms with Gasteiger partial charge in [0.2, 0.25) is 5.91 Å². The number of aliphatic hydroxyl groups is 1. The van der Waals surface area contributed by atoms with Crippen LogP contribution in [0.15, 0.2) is 30.0 Å². The van der Waals surface area contributed by atoms with Crippen LogP contribution in [0, 0.1) is 5.92 Å². The average molecular weight is 314 g/mol. The topological polar surface area (TPSA) is 79.5 Å². The number of nitrogens with one attached hydrogen (secondary N) is 1. The van der Waals surface area contributed by atoms with Crippen molar-refractivity contribution in [3.05, 3.63) is 34.9 Å². The molecule has 1 fully saturated rings. The number of carbonyl (C=O) groups excluding carboxylic acids is 1. The molecular formula is C15H14N4O2S. The molecule has 3 heterocycles. The van der Waals surface area contributed by atoms with Crippen LogP contribution in [-0.2, 0) is 11.4 Å². The van der Waals surface area contributed by atoms with Crippen LogP contribution in [0.25, 0.3) is 16.9 Å². The molecule has 22 heavy (non-hydrogen) atoms. The molecule has 0 atom stereocenters. The van der Waals surface area contributed by atoms with Crippen LogP contribution in [-0.4, -0.2) is 25.4 Å². The van der Waals surface area contributed by atoms with E-state index in [0.29, 0.717) is 5.82 Å². The maximum atomic E-state index is 11.8. The Hall–Kier alpha value is -2.25. The molecular weight excluding hydrogens is 300 g/mol. The highest BCUT2D eigenvalue weighted by atomic mass is 32.1. The van der Waals surface area contributed by atoms with Gasteiger partial charge in [0.15, 0.2) is 5.82 Å². The fourth-order valence-corrected chi connectivity index (χ4v) is 3.03. The van der Waals surface area contributed by atoms with Crippen molar-refractivity contribution in [3.8, 4) is 11.3 Å². The van der Waals surface area contributed by atoms with Crippen molar-refractivity contribution in [1.82, 2.24) is 14.4 Å². The summed E-state index contributed by atoms with van der Waals surface area (Å²) in [5.74, 6) is 0.767. The Kier molecular flexibility index (Phi) is 3.16.